The first kappa shape index (κ1) is 25.4. The summed E-state index contributed by atoms with van der Waals surface area (Å²) in [7, 11) is 1.63. The van der Waals surface area contributed by atoms with E-state index in [1.54, 1.807) is 7.11 Å². The van der Waals surface area contributed by atoms with Gasteiger partial charge in [-0.05, 0) is 53.6 Å². The number of methoxy groups -OCH3 is 1. The number of rotatable bonds is 8. The Morgan fingerprint density at radius 3 is 2.40 bits per heavy atom. The number of fused-ring (bicyclic) bond motifs is 2. The molecule has 2 aromatic heterocycles. The van der Waals surface area contributed by atoms with Crippen molar-refractivity contribution in [1.29, 1.82) is 0 Å². The van der Waals surface area contributed by atoms with E-state index in [4.69, 9.17) is 9.47 Å². The van der Waals surface area contributed by atoms with Crippen LogP contribution in [0.4, 0.5) is 0 Å². The SMILES string of the molecule is COc1ccc(Cn2c(-c3c[nH]c4ccc(OCc5ccccc5)cc34)cc(C3=c4ccccc4=NC3=O)c2O)cc1. The minimum atomic E-state index is -0.366. The highest BCUT2D eigenvalue weighted by molar-refractivity contribution is 6.22. The van der Waals surface area contributed by atoms with Gasteiger partial charge in [-0.2, -0.15) is 0 Å². The average molecular weight is 554 g/mol. The van der Waals surface area contributed by atoms with Crippen LogP contribution in [0.3, 0.4) is 0 Å². The molecule has 206 valence electrons. The average Bonchev–Trinajstić information content (AvgIpc) is 3.69. The number of carbonyl (C=O) groups is 1. The number of aromatic hydroxyl groups is 1. The van der Waals surface area contributed by atoms with Crippen LogP contribution in [0.2, 0.25) is 0 Å². The predicted molar refractivity (Wildman–Crippen MR) is 161 cm³/mol. The molecule has 0 unspecified atom stereocenters. The van der Waals surface area contributed by atoms with Gasteiger partial charge >= 0.3 is 0 Å². The summed E-state index contributed by atoms with van der Waals surface area (Å²) in [6.45, 7) is 0.830. The van der Waals surface area contributed by atoms with Gasteiger partial charge in [0.1, 0.15) is 18.1 Å². The number of para-hydroxylation sites is 1. The normalized spacial score (nSPS) is 12.4. The van der Waals surface area contributed by atoms with Crippen molar-refractivity contribution in [2.24, 2.45) is 4.99 Å². The molecule has 1 aliphatic heterocycles. The predicted octanol–water partition coefficient (Wildman–Crippen LogP) is 5.34. The van der Waals surface area contributed by atoms with Crippen LogP contribution in [0.15, 0.2) is 114 Å². The molecule has 0 atom stereocenters. The minimum absolute atomic E-state index is 0.00176. The molecular formula is C35H27N3O4. The lowest BCUT2D eigenvalue weighted by molar-refractivity contribution is -0.112. The van der Waals surface area contributed by atoms with E-state index in [2.05, 4.69) is 9.98 Å². The molecule has 0 saturated heterocycles. The highest BCUT2D eigenvalue weighted by atomic mass is 16.5. The summed E-state index contributed by atoms with van der Waals surface area (Å²) in [4.78, 5) is 20.7. The zero-order valence-electron chi connectivity index (χ0n) is 22.9. The second kappa shape index (κ2) is 10.4. The first-order valence-corrected chi connectivity index (χ1v) is 13.7. The highest BCUT2D eigenvalue weighted by Gasteiger charge is 2.27. The molecule has 4 aromatic carbocycles. The third kappa shape index (κ3) is 4.51. The maximum Gasteiger partial charge on any atom is 0.279 e. The van der Waals surface area contributed by atoms with Gasteiger partial charge in [0.2, 0.25) is 0 Å². The molecule has 1 amide bonds. The van der Waals surface area contributed by atoms with Crippen molar-refractivity contribution in [3.05, 3.63) is 137 Å². The number of benzene rings is 4. The molecule has 0 aliphatic carbocycles. The zero-order chi connectivity index (χ0) is 28.6. The van der Waals surface area contributed by atoms with E-state index in [9.17, 15) is 9.90 Å². The van der Waals surface area contributed by atoms with Crippen LogP contribution in [0, 0.1) is 0 Å². The number of H-pyrrole nitrogens is 1. The molecule has 6 aromatic rings. The summed E-state index contributed by atoms with van der Waals surface area (Å²) in [6.07, 6.45) is 1.92. The Balaban J connectivity index is 1.36. The number of nitrogens with zero attached hydrogens (tertiary/aromatic N) is 2. The summed E-state index contributed by atoms with van der Waals surface area (Å²) in [5.74, 6) is 1.12. The molecule has 0 fully saturated rings. The summed E-state index contributed by atoms with van der Waals surface area (Å²) in [6, 6.07) is 32.9. The molecule has 7 rings (SSSR count). The van der Waals surface area contributed by atoms with E-state index >= 15 is 0 Å². The van der Waals surface area contributed by atoms with Gasteiger partial charge in [-0.1, -0.05) is 60.7 Å². The summed E-state index contributed by atoms with van der Waals surface area (Å²) in [5, 5.41) is 14.0. The third-order valence-electron chi connectivity index (χ3n) is 7.62. The fourth-order valence-corrected chi connectivity index (χ4v) is 5.49. The first-order chi connectivity index (χ1) is 20.6. The molecule has 7 nitrogen and oxygen atoms in total. The Morgan fingerprint density at radius 2 is 1.60 bits per heavy atom. The number of hydrogen-bond acceptors (Lipinski definition) is 4. The monoisotopic (exact) mass is 553 g/mol. The van der Waals surface area contributed by atoms with Crippen LogP contribution in [-0.2, 0) is 17.9 Å². The van der Waals surface area contributed by atoms with Crippen molar-refractivity contribution in [2.75, 3.05) is 7.11 Å². The van der Waals surface area contributed by atoms with Gasteiger partial charge in [0.15, 0.2) is 5.88 Å². The van der Waals surface area contributed by atoms with Gasteiger partial charge in [0.25, 0.3) is 5.91 Å². The third-order valence-corrected chi connectivity index (χ3v) is 7.62. The molecule has 3 heterocycles. The molecule has 0 radical (unpaired) electrons. The summed E-state index contributed by atoms with van der Waals surface area (Å²) >= 11 is 0. The van der Waals surface area contributed by atoms with Crippen molar-refractivity contribution in [2.45, 2.75) is 13.2 Å². The van der Waals surface area contributed by atoms with Crippen molar-refractivity contribution >= 4 is 22.4 Å². The standard InChI is InChI=1S/C35H27N3O4/c1-41-24-13-11-22(12-14-24)20-38-32(18-28(35(38)40)33-26-9-5-6-10-31(26)37-34(33)39)29-19-36-30-16-15-25(17-27(29)30)42-21-23-7-3-2-4-8-23/h2-19,36,40H,20-21H2,1H3. The second-order valence-electron chi connectivity index (χ2n) is 10.2. The Hall–Kier alpha value is -5.56. The summed E-state index contributed by atoms with van der Waals surface area (Å²) in [5.41, 5.74) is 5.46. The van der Waals surface area contributed by atoms with Gasteiger partial charge in [-0.25, -0.2) is 4.99 Å². The number of carbonyl (C=O) groups excluding carboxylic acids is 1. The smallest absolute Gasteiger partial charge is 0.279 e. The molecule has 0 spiro atoms. The number of ether oxygens (including phenoxy) is 2. The fourth-order valence-electron chi connectivity index (χ4n) is 5.49. The molecule has 2 N–H and O–H groups in total. The fraction of sp³-hybridized carbons (Fsp3) is 0.0857. The van der Waals surface area contributed by atoms with Crippen LogP contribution >= 0.6 is 0 Å². The number of hydrogen-bond donors (Lipinski definition) is 2. The van der Waals surface area contributed by atoms with E-state index in [0.717, 1.165) is 44.8 Å². The lowest BCUT2D eigenvalue weighted by atomic mass is 10.0. The summed E-state index contributed by atoms with van der Waals surface area (Å²) < 4.78 is 13.3. The lowest BCUT2D eigenvalue weighted by Crippen LogP contribution is -2.22. The Bertz CT molecular complexity index is 2070. The first-order valence-electron chi connectivity index (χ1n) is 13.7. The Kier molecular flexibility index (Phi) is 6.32. The maximum atomic E-state index is 13.1. The second-order valence-corrected chi connectivity index (χ2v) is 10.2. The number of aromatic amines is 1. The van der Waals surface area contributed by atoms with Gasteiger partial charge in [-0.15, -0.1) is 0 Å². The molecule has 0 bridgehead atoms. The minimum Gasteiger partial charge on any atom is -0.497 e. The van der Waals surface area contributed by atoms with Gasteiger partial charge in [0, 0.05) is 27.9 Å². The van der Waals surface area contributed by atoms with E-state index < -0.39 is 0 Å². The number of nitrogens with one attached hydrogen (secondary N) is 1. The van der Waals surface area contributed by atoms with Crippen molar-refractivity contribution in [3.8, 4) is 28.6 Å². The van der Waals surface area contributed by atoms with Gasteiger partial charge in [-0.3, -0.25) is 4.79 Å². The molecular weight excluding hydrogens is 526 g/mol. The highest BCUT2D eigenvalue weighted by Crippen LogP contribution is 2.39. The molecule has 42 heavy (non-hydrogen) atoms. The Labute approximate surface area is 241 Å². The van der Waals surface area contributed by atoms with Crippen LogP contribution < -0.4 is 20.0 Å². The van der Waals surface area contributed by atoms with E-state index in [-0.39, 0.29) is 11.8 Å². The topological polar surface area (TPSA) is 88.8 Å². The zero-order valence-corrected chi connectivity index (χ0v) is 22.9. The quantitative estimate of drug-likeness (QED) is 0.267. The van der Waals surface area contributed by atoms with Gasteiger partial charge in [0.05, 0.1) is 35.8 Å². The van der Waals surface area contributed by atoms with Crippen molar-refractivity contribution in [3.63, 3.8) is 0 Å². The molecule has 7 heteroatoms. The number of amides is 1. The Morgan fingerprint density at radius 1 is 0.833 bits per heavy atom. The van der Waals surface area contributed by atoms with Crippen molar-refractivity contribution < 1.29 is 19.4 Å². The van der Waals surface area contributed by atoms with Crippen LogP contribution in [-0.4, -0.2) is 27.7 Å². The number of aromatic nitrogens is 2. The van der Waals surface area contributed by atoms with Gasteiger partial charge < -0.3 is 24.1 Å². The van der Waals surface area contributed by atoms with E-state index in [1.165, 1.54) is 0 Å². The van der Waals surface area contributed by atoms with E-state index in [1.807, 2.05) is 114 Å². The molecule has 0 saturated carbocycles. The largest absolute Gasteiger partial charge is 0.497 e. The lowest BCUT2D eigenvalue weighted by Gasteiger charge is -2.12. The molecule has 1 aliphatic rings. The van der Waals surface area contributed by atoms with Crippen LogP contribution in [0.25, 0.3) is 27.7 Å². The van der Waals surface area contributed by atoms with E-state index in [0.29, 0.717) is 34.9 Å². The maximum absolute atomic E-state index is 13.1. The van der Waals surface area contributed by atoms with Crippen molar-refractivity contribution in [1.82, 2.24) is 9.55 Å². The van der Waals surface area contributed by atoms with Crippen LogP contribution in [0.5, 0.6) is 17.4 Å². The van der Waals surface area contributed by atoms with Crippen LogP contribution in [0.1, 0.15) is 16.7 Å².